The van der Waals surface area contributed by atoms with E-state index in [1.54, 1.807) is 6.07 Å². The SMILES string of the molecule is CCc1nc(N)cc(NC2CCOC(C)C2)n1. The van der Waals surface area contributed by atoms with E-state index in [4.69, 9.17) is 10.5 Å². The normalized spacial score (nSPS) is 24.6. The molecule has 0 saturated carbocycles. The first-order chi connectivity index (χ1) is 8.17. The summed E-state index contributed by atoms with van der Waals surface area (Å²) in [4.78, 5) is 8.59. The zero-order chi connectivity index (χ0) is 12.3. The lowest BCUT2D eigenvalue weighted by Crippen LogP contribution is -2.32. The Morgan fingerprint density at radius 1 is 1.53 bits per heavy atom. The number of hydrogen-bond acceptors (Lipinski definition) is 5. The summed E-state index contributed by atoms with van der Waals surface area (Å²) in [5.41, 5.74) is 5.75. The average Bonchev–Trinajstić information content (AvgIpc) is 2.28. The predicted octanol–water partition coefficient (Wildman–Crippen LogP) is 1.60. The third kappa shape index (κ3) is 3.30. The van der Waals surface area contributed by atoms with E-state index in [1.165, 1.54) is 0 Å². The molecule has 17 heavy (non-hydrogen) atoms. The van der Waals surface area contributed by atoms with Gasteiger partial charge in [0.15, 0.2) is 0 Å². The number of nitrogens with two attached hydrogens (primary N) is 1. The van der Waals surface area contributed by atoms with Gasteiger partial charge in [0.25, 0.3) is 0 Å². The molecule has 0 spiro atoms. The molecule has 2 heterocycles. The molecule has 0 amide bonds. The highest BCUT2D eigenvalue weighted by Crippen LogP contribution is 2.18. The van der Waals surface area contributed by atoms with Crippen LogP contribution in [0, 0.1) is 0 Å². The molecule has 3 N–H and O–H groups in total. The number of rotatable bonds is 3. The van der Waals surface area contributed by atoms with Crippen molar-refractivity contribution in [2.45, 2.75) is 45.3 Å². The minimum atomic E-state index is 0.311. The van der Waals surface area contributed by atoms with Crippen LogP contribution in [-0.2, 0) is 11.2 Å². The summed E-state index contributed by atoms with van der Waals surface area (Å²) in [6, 6.07) is 2.21. The highest BCUT2D eigenvalue weighted by molar-refractivity contribution is 5.45. The van der Waals surface area contributed by atoms with Crippen molar-refractivity contribution in [2.24, 2.45) is 0 Å². The van der Waals surface area contributed by atoms with E-state index in [-0.39, 0.29) is 0 Å². The van der Waals surface area contributed by atoms with Gasteiger partial charge in [-0.15, -0.1) is 0 Å². The van der Waals surface area contributed by atoms with Gasteiger partial charge in [-0.1, -0.05) is 6.92 Å². The molecule has 1 fully saturated rings. The molecule has 0 bridgehead atoms. The number of anilines is 2. The van der Waals surface area contributed by atoms with Gasteiger partial charge in [0.05, 0.1) is 6.10 Å². The number of aryl methyl sites for hydroxylation is 1. The van der Waals surface area contributed by atoms with Crippen LogP contribution in [0.3, 0.4) is 0 Å². The van der Waals surface area contributed by atoms with Crippen LogP contribution in [0.2, 0.25) is 0 Å². The summed E-state index contributed by atoms with van der Waals surface area (Å²) in [6.45, 7) is 4.93. The first-order valence-electron chi connectivity index (χ1n) is 6.19. The van der Waals surface area contributed by atoms with Gasteiger partial charge < -0.3 is 15.8 Å². The molecule has 2 atom stereocenters. The zero-order valence-electron chi connectivity index (χ0n) is 10.4. The van der Waals surface area contributed by atoms with Crippen molar-refractivity contribution in [2.75, 3.05) is 17.7 Å². The van der Waals surface area contributed by atoms with E-state index < -0.39 is 0 Å². The number of ether oxygens (including phenoxy) is 1. The molecule has 0 aliphatic carbocycles. The van der Waals surface area contributed by atoms with E-state index in [0.717, 1.165) is 37.5 Å². The van der Waals surface area contributed by atoms with Crippen molar-refractivity contribution >= 4 is 11.6 Å². The monoisotopic (exact) mass is 236 g/mol. The fourth-order valence-corrected chi connectivity index (χ4v) is 2.09. The lowest BCUT2D eigenvalue weighted by atomic mass is 10.0. The molecule has 2 unspecified atom stereocenters. The van der Waals surface area contributed by atoms with Crippen LogP contribution in [0.1, 0.15) is 32.5 Å². The first kappa shape index (κ1) is 12.1. The topological polar surface area (TPSA) is 73.1 Å². The molecule has 1 aromatic rings. The molecule has 0 aromatic carbocycles. The van der Waals surface area contributed by atoms with Crippen molar-refractivity contribution in [1.82, 2.24) is 9.97 Å². The van der Waals surface area contributed by atoms with Crippen molar-refractivity contribution in [3.8, 4) is 0 Å². The summed E-state index contributed by atoms with van der Waals surface area (Å²) in [6.07, 6.45) is 3.12. The maximum atomic E-state index is 5.75. The molecule has 5 nitrogen and oxygen atoms in total. The van der Waals surface area contributed by atoms with Crippen LogP contribution in [0.15, 0.2) is 6.07 Å². The smallest absolute Gasteiger partial charge is 0.132 e. The van der Waals surface area contributed by atoms with Crippen molar-refractivity contribution in [3.63, 3.8) is 0 Å². The molecular weight excluding hydrogens is 216 g/mol. The van der Waals surface area contributed by atoms with Crippen molar-refractivity contribution in [3.05, 3.63) is 11.9 Å². The minimum Gasteiger partial charge on any atom is -0.384 e. The van der Waals surface area contributed by atoms with E-state index in [2.05, 4.69) is 22.2 Å². The Hall–Kier alpha value is -1.36. The summed E-state index contributed by atoms with van der Waals surface area (Å²) < 4.78 is 5.52. The highest BCUT2D eigenvalue weighted by Gasteiger charge is 2.19. The van der Waals surface area contributed by atoms with Gasteiger partial charge >= 0.3 is 0 Å². The van der Waals surface area contributed by atoms with E-state index in [1.807, 2.05) is 6.92 Å². The van der Waals surface area contributed by atoms with Gasteiger partial charge in [-0.05, 0) is 19.8 Å². The Morgan fingerprint density at radius 3 is 3.06 bits per heavy atom. The second-order valence-corrected chi connectivity index (χ2v) is 4.49. The fourth-order valence-electron chi connectivity index (χ4n) is 2.09. The molecule has 2 rings (SSSR count). The maximum Gasteiger partial charge on any atom is 0.132 e. The molecular formula is C12H20N4O. The maximum absolute atomic E-state index is 5.75. The first-order valence-corrected chi connectivity index (χ1v) is 6.19. The summed E-state index contributed by atoms with van der Waals surface area (Å²) in [7, 11) is 0. The van der Waals surface area contributed by atoms with Crippen LogP contribution in [-0.4, -0.2) is 28.7 Å². The molecule has 1 aliphatic heterocycles. The number of nitrogens with zero attached hydrogens (tertiary/aromatic N) is 2. The average molecular weight is 236 g/mol. The van der Waals surface area contributed by atoms with Crippen LogP contribution >= 0.6 is 0 Å². The van der Waals surface area contributed by atoms with E-state index >= 15 is 0 Å². The molecule has 1 aliphatic rings. The van der Waals surface area contributed by atoms with Gasteiger partial charge in [0.1, 0.15) is 17.5 Å². The van der Waals surface area contributed by atoms with Crippen LogP contribution in [0.4, 0.5) is 11.6 Å². The van der Waals surface area contributed by atoms with Gasteiger partial charge in [0, 0.05) is 25.1 Å². The lowest BCUT2D eigenvalue weighted by molar-refractivity contribution is 0.0232. The molecule has 94 valence electrons. The molecule has 1 saturated heterocycles. The fraction of sp³-hybridized carbons (Fsp3) is 0.667. The largest absolute Gasteiger partial charge is 0.384 e. The van der Waals surface area contributed by atoms with Crippen molar-refractivity contribution < 1.29 is 4.74 Å². The summed E-state index contributed by atoms with van der Waals surface area (Å²) >= 11 is 0. The number of nitrogen functional groups attached to an aromatic ring is 1. The van der Waals surface area contributed by atoms with Gasteiger partial charge in [0.2, 0.25) is 0 Å². The van der Waals surface area contributed by atoms with Gasteiger partial charge in [-0.2, -0.15) is 0 Å². The van der Waals surface area contributed by atoms with E-state index in [0.29, 0.717) is 18.0 Å². The molecule has 1 aromatic heterocycles. The van der Waals surface area contributed by atoms with Gasteiger partial charge in [-0.3, -0.25) is 0 Å². The van der Waals surface area contributed by atoms with Crippen LogP contribution in [0.25, 0.3) is 0 Å². The number of nitrogens with one attached hydrogen (secondary N) is 1. The summed E-state index contributed by atoms with van der Waals surface area (Å²) in [5, 5.41) is 3.42. The second-order valence-electron chi connectivity index (χ2n) is 4.49. The third-order valence-corrected chi connectivity index (χ3v) is 2.95. The van der Waals surface area contributed by atoms with Crippen LogP contribution < -0.4 is 11.1 Å². The Labute approximate surface area is 102 Å². The van der Waals surface area contributed by atoms with Crippen LogP contribution in [0.5, 0.6) is 0 Å². The lowest BCUT2D eigenvalue weighted by Gasteiger charge is -2.28. The number of hydrogen-bond donors (Lipinski definition) is 2. The summed E-state index contributed by atoms with van der Waals surface area (Å²) in [5.74, 6) is 2.14. The second kappa shape index (κ2) is 5.31. The predicted molar refractivity (Wildman–Crippen MR) is 67.9 cm³/mol. The highest BCUT2D eigenvalue weighted by atomic mass is 16.5. The Bertz CT molecular complexity index is 383. The zero-order valence-corrected chi connectivity index (χ0v) is 10.4. The van der Waals surface area contributed by atoms with Gasteiger partial charge in [-0.25, -0.2) is 9.97 Å². The Kier molecular flexibility index (Phi) is 3.78. The van der Waals surface area contributed by atoms with E-state index in [9.17, 15) is 0 Å². The Balaban J connectivity index is 2.04. The molecule has 5 heteroatoms. The molecule has 0 radical (unpaired) electrons. The standard InChI is InChI=1S/C12H20N4O/c1-3-11-15-10(13)7-12(16-11)14-9-4-5-17-8(2)6-9/h7-9H,3-6H2,1-2H3,(H3,13,14,15,16). The number of aromatic nitrogens is 2. The minimum absolute atomic E-state index is 0.311. The third-order valence-electron chi connectivity index (χ3n) is 2.95. The quantitative estimate of drug-likeness (QED) is 0.834. The Morgan fingerprint density at radius 2 is 2.35 bits per heavy atom. The van der Waals surface area contributed by atoms with Crippen molar-refractivity contribution in [1.29, 1.82) is 0 Å².